The van der Waals surface area contributed by atoms with Gasteiger partial charge in [0.15, 0.2) is 0 Å². The monoisotopic (exact) mass is 582 g/mol. The molecule has 0 saturated heterocycles. The Bertz CT molecular complexity index is 914. The molecular weight excluding hydrogens is 528 g/mol. The quantitative estimate of drug-likeness (QED) is 0.0698. The maximum absolute atomic E-state index is 12.5. The van der Waals surface area contributed by atoms with Crippen LogP contribution >= 0.6 is 0 Å². The van der Waals surface area contributed by atoms with Gasteiger partial charge in [-0.1, -0.05) is 135 Å². The van der Waals surface area contributed by atoms with Crippen LogP contribution in [-0.4, -0.2) is 43.4 Å². The molecule has 1 aromatic carbocycles. The minimum absolute atomic E-state index is 0.00297. The Morgan fingerprint density at radius 1 is 0.650 bits per heavy atom. The molecule has 0 fully saturated rings. The van der Waals surface area contributed by atoms with Gasteiger partial charge in [0.25, 0.3) is 10.1 Å². The lowest BCUT2D eigenvalue weighted by atomic mass is 10.0. The Labute approximate surface area is 243 Å². The van der Waals surface area contributed by atoms with Gasteiger partial charge in [0.1, 0.15) is 11.9 Å². The van der Waals surface area contributed by atoms with Crippen molar-refractivity contribution in [3.8, 4) is 0 Å². The molecule has 7 nitrogen and oxygen atoms in total. The summed E-state index contributed by atoms with van der Waals surface area (Å²) in [5, 5.41) is -1.26. The number of esters is 2. The summed E-state index contributed by atoms with van der Waals surface area (Å²) in [4.78, 5) is 24.8. The molecule has 0 aliphatic carbocycles. The second kappa shape index (κ2) is 22.7. The third-order valence-corrected chi connectivity index (χ3v) is 8.46. The topological polar surface area (TPSA) is 107 Å². The number of rotatable bonds is 25. The minimum Gasteiger partial charge on any atom is -0.462 e. The van der Waals surface area contributed by atoms with E-state index in [1.165, 1.54) is 122 Å². The Morgan fingerprint density at radius 2 is 1.00 bits per heavy atom. The molecule has 0 saturated carbocycles. The van der Waals surface area contributed by atoms with Crippen LogP contribution in [0.2, 0.25) is 0 Å². The van der Waals surface area contributed by atoms with Crippen LogP contribution in [0.3, 0.4) is 0 Å². The fraction of sp³-hybridized carbons (Fsp3) is 0.750. The molecule has 0 bridgehead atoms. The summed E-state index contributed by atoms with van der Waals surface area (Å²) < 4.78 is 41.5. The van der Waals surface area contributed by atoms with Gasteiger partial charge in [-0.05, 0) is 25.5 Å². The second-order valence-electron chi connectivity index (χ2n) is 11.0. The average molecular weight is 583 g/mol. The van der Waals surface area contributed by atoms with Crippen molar-refractivity contribution in [3.05, 3.63) is 35.4 Å². The van der Waals surface area contributed by atoms with Crippen molar-refractivity contribution >= 4 is 22.1 Å². The molecule has 1 unspecified atom stereocenters. The number of hydrogen-bond acceptors (Lipinski definition) is 6. The standard InChI is InChI=1S/C32H54O7S/c1-3-4-5-6-7-8-9-10-11-12-13-14-15-16-17-18-19-20-23-26-38-31(33)29-24-21-22-25-30(29)32(34)39-27-28(2)40(35,36)37/h21-22,24-25,28H,3-20,23,26-27H2,1-2H3,(H,35,36,37). The first-order chi connectivity index (χ1) is 19.3. The molecule has 1 N–H and O–H groups in total. The summed E-state index contributed by atoms with van der Waals surface area (Å²) in [6.45, 7) is 3.26. The molecule has 0 aromatic heterocycles. The number of carbonyl (C=O) groups is 2. The Kier molecular flexibility index (Phi) is 20.5. The third kappa shape index (κ3) is 17.7. The van der Waals surface area contributed by atoms with Crippen LogP contribution < -0.4 is 0 Å². The summed E-state index contributed by atoms with van der Waals surface area (Å²) in [5.74, 6) is -1.45. The highest BCUT2D eigenvalue weighted by atomic mass is 32.2. The molecule has 1 rings (SSSR count). The highest BCUT2D eigenvalue weighted by molar-refractivity contribution is 7.86. The molecule has 0 heterocycles. The normalized spacial score (nSPS) is 12.3. The van der Waals surface area contributed by atoms with E-state index in [0.29, 0.717) is 0 Å². The summed E-state index contributed by atoms with van der Waals surface area (Å²) >= 11 is 0. The van der Waals surface area contributed by atoms with Crippen LogP contribution in [0, 0.1) is 0 Å². The van der Waals surface area contributed by atoms with Crippen molar-refractivity contribution in [3.63, 3.8) is 0 Å². The molecule has 0 aliphatic heterocycles. The lowest BCUT2D eigenvalue weighted by Crippen LogP contribution is -2.25. The molecule has 8 heteroatoms. The summed E-state index contributed by atoms with van der Waals surface area (Å²) in [6.07, 6.45) is 24.6. The van der Waals surface area contributed by atoms with Gasteiger partial charge < -0.3 is 9.47 Å². The highest BCUT2D eigenvalue weighted by Gasteiger charge is 2.23. The van der Waals surface area contributed by atoms with E-state index in [0.717, 1.165) is 19.3 Å². The Hall–Kier alpha value is -1.93. The van der Waals surface area contributed by atoms with Gasteiger partial charge in [0, 0.05) is 0 Å². The van der Waals surface area contributed by atoms with Gasteiger partial charge in [-0.3, -0.25) is 4.55 Å². The van der Waals surface area contributed by atoms with E-state index in [2.05, 4.69) is 6.92 Å². The van der Waals surface area contributed by atoms with E-state index >= 15 is 0 Å². The maximum atomic E-state index is 12.5. The van der Waals surface area contributed by atoms with Crippen LogP contribution in [0.1, 0.15) is 157 Å². The molecule has 0 aliphatic rings. The molecule has 1 atom stereocenters. The van der Waals surface area contributed by atoms with Crippen LogP contribution in [-0.2, 0) is 19.6 Å². The van der Waals surface area contributed by atoms with E-state index in [4.69, 9.17) is 14.0 Å². The number of carbonyl (C=O) groups excluding carboxylic acids is 2. The van der Waals surface area contributed by atoms with Gasteiger partial charge in [0.2, 0.25) is 0 Å². The van der Waals surface area contributed by atoms with E-state index in [1.807, 2.05) is 0 Å². The van der Waals surface area contributed by atoms with Crippen LogP contribution in [0.25, 0.3) is 0 Å². The SMILES string of the molecule is CCCCCCCCCCCCCCCCCCCCCOC(=O)c1ccccc1C(=O)OCC(C)S(=O)(=O)O. The van der Waals surface area contributed by atoms with Gasteiger partial charge in [-0.2, -0.15) is 8.42 Å². The number of unbranched alkanes of at least 4 members (excludes halogenated alkanes) is 18. The molecule has 40 heavy (non-hydrogen) atoms. The largest absolute Gasteiger partial charge is 0.462 e. The third-order valence-electron chi connectivity index (χ3n) is 7.31. The first-order valence-corrected chi connectivity index (χ1v) is 17.2. The molecule has 0 radical (unpaired) electrons. The van der Waals surface area contributed by atoms with Gasteiger partial charge in [-0.25, -0.2) is 9.59 Å². The van der Waals surface area contributed by atoms with Crippen LogP contribution in [0.5, 0.6) is 0 Å². The Morgan fingerprint density at radius 3 is 1.38 bits per heavy atom. The van der Waals surface area contributed by atoms with E-state index < -0.39 is 33.9 Å². The smallest absolute Gasteiger partial charge is 0.339 e. The van der Waals surface area contributed by atoms with Crippen LogP contribution in [0.15, 0.2) is 24.3 Å². The fourth-order valence-electron chi connectivity index (χ4n) is 4.62. The number of hydrogen-bond donors (Lipinski definition) is 1. The van der Waals surface area contributed by atoms with E-state index in [9.17, 15) is 18.0 Å². The summed E-state index contributed by atoms with van der Waals surface area (Å²) in [6, 6.07) is 6.10. The number of benzene rings is 1. The second-order valence-corrected chi connectivity index (χ2v) is 12.8. The average Bonchev–Trinajstić information content (AvgIpc) is 2.94. The summed E-state index contributed by atoms with van der Waals surface area (Å²) in [5.41, 5.74) is 0.0769. The summed E-state index contributed by atoms with van der Waals surface area (Å²) in [7, 11) is -4.31. The van der Waals surface area contributed by atoms with E-state index in [-0.39, 0.29) is 17.7 Å². The molecule has 0 amide bonds. The lowest BCUT2D eigenvalue weighted by molar-refractivity contribution is 0.0454. The predicted octanol–water partition coefficient (Wildman–Crippen LogP) is 8.71. The molecular formula is C32H54O7S. The first kappa shape index (κ1) is 36.1. The van der Waals surface area contributed by atoms with Gasteiger partial charge >= 0.3 is 11.9 Å². The van der Waals surface area contributed by atoms with Crippen molar-refractivity contribution in [2.24, 2.45) is 0 Å². The minimum atomic E-state index is -4.31. The van der Waals surface area contributed by atoms with Crippen molar-refractivity contribution in [1.29, 1.82) is 0 Å². The predicted molar refractivity (Wildman–Crippen MR) is 161 cm³/mol. The van der Waals surface area contributed by atoms with Crippen molar-refractivity contribution in [1.82, 2.24) is 0 Å². The fourth-order valence-corrected chi connectivity index (χ4v) is 4.86. The van der Waals surface area contributed by atoms with Crippen molar-refractivity contribution in [2.75, 3.05) is 13.2 Å². The van der Waals surface area contributed by atoms with Crippen molar-refractivity contribution < 1.29 is 32.0 Å². The zero-order valence-electron chi connectivity index (χ0n) is 25.0. The van der Waals surface area contributed by atoms with Gasteiger partial charge in [-0.15, -0.1) is 0 Å². The molecule has 230 valence electrons. The molecule has 0 spiro atoms. The van der Waals surface area contributed by atoms with Crippen molar-refractivity contribution in [2.45, 2.75) is 141 Å². The first-order valence-electron chi connectivity index (χ1n) is 15.7. The Balaban J connectivity index is 2.03. The van der Waals surface area contributed by atoms with Gasteiger partial charge in [0.05, 0.1) is 17.7 Å². The van der Waals surface area contributed by atoms with E-state index in [1.54, 1.807) is 12.1 Å². The highest BCUT2D eigenvalue weighted by Crippen LogP contribution is 2.16. The zero-order chi connectivity index (χ0) is 29.5. The molecule has 1 aromatic rings. The van der Waals surface area contributed by atoms with Crippen LogP contribution in [0.4, 0.5) is 0 Å². The lowest BCUT2D eigenvalue weighted by Gasteiger charge is -2.12. The number of ether oxygens (including phenoxy) is 2. The maximum Gasteiger partial charge on any atom is 0.339 e. The zero-order valence-corrected chi connectivity index (χ0v) is 25.9.